The van der Waals surface area contributed by atoms with Crippen molar-refractivity contribution in [2.75, 3.05) is 0 Å². The number of aromatic nitrogens is 1. The standard InChI is InChI=1S/C19H15Cl2N3O2/c1-12-9-14(13(2)23(12)17-6-3-15(20)4-7-17)11-22-16-5-8-18(21)19(10-16)24(25)26/h3-11H,1-2H3. The van der Waals surface area contributed by atoms with Gasteiger partial charge in [0.1, 0.15) is 5.02 Å². The van der Waals surface area contributed by atoms with Crippen molar-refractivity contribution < 1.29 is 4.92 Å². The van der Waals surface area contributed by atoms with E-state index in [-0.39, 0.29) is 10.7 Å². The minimum atomic E-state index is -0.520. The van der Waals surface area contributed by atoms with Crippen molar-refractivity contribution in [1.29, 1.82) is 0 Å². The maximum absolute atomic E-state index is 11.0. The van der Waals surface area contributed by atoms with E-state index in [9.17, 15) is 10.1 Å². The Bertz CT molecular complexity index is 1010. The van der Waals surface area contributed by atoms with Crippen molar-refractivity contribution in [3.63, 3.8) is 0 Å². The number of halogens is 2. The summed E-state index contributed by atoms with van der Waals surface area (Å²) in [6.45, 7) is 4.00. The molecule has 0 aliphatic carbocycles. The lowest BCUT2D eigenvalue weighted by Gasteiger charge is -2.09. The van der Waals surface area contributed by atoms with Gasteiger partial charge in [0.25, 0.3) is 5.69 Å². The summed E-state index contributed by atoms with van der Waals surface area (Å²) in [4.78, 5) is 14.8. The van der Waals surface area contributed by atoms with Crippen molar-refractivity contribution >= 4 is 40.8 Å². The number of hydrogen-bond acceptors (Lipinski definition) is 3. The van der Waals surface area contributed by atoms with Crippen LogP contribution in [0.15, 0.2) is 53.5 Å². The molecule has 0 unspecified atom stereocenters. The topological polar surface area (TPSA) is 60.4 Å². The zero-order valence-electron chi connectivity index (χ0n) is 14.1. The lowest BCUT2D eigenvalue weighted by atomic mass is 10.2. The van der Waals surface area contributed by atoms with Crippen LogP contribution >= 0.6 is 23.2 Å². The highest BCUT2D eigenvalue weighted by Crippen LogP contribution is 2.29. The van der Waals surface area contributed by atoms with Crippen LogP contribution in [0.25, 0.3) is 5.69 Å². The fraction of sp³-hybridized carbons (Fsp3) is 0.105. The molecule has 2 aromatic carbocycles. The van der Waals surface area contributed by atoms with E-state index in [0.717, 1.165) is 22.6 Å². The minimum Gasteiger partial charge on any atom is -0.318 e. The molecule has 0 atom stereocenters. The van der Waals surface area contributed by atoms with Crippen LogP contribution in [0.4, 0.5) is 11.4 Å². The summed E-state index contributed by atoms with van der Waals surface area (Å²) in [5.41, 5.74) is 4.30. The number of benzene rings is 2. The van der Waals surface area contributed by atoms with Crippen molar-refractivity contribution in [3.05, 3.63) is 85.6 Å². The normalized spacial score (nSPS) is 11.2. The first-order chi connectivity index (χ1) is 12.4. The van der Waals surface area contributed by atoms with Crippen LogP contribution in [0.1, 0.15) is 17.0 Å². The molecule has 0 saturated heterocycles. The molecule has 0 bridgehead atoms. The van der Waals surface area contributed by atoms with Gasteiger partial charge in [-0.3, -0.25) is 15.1 Å². The monoisotopic (exact) mass is 387 g/mol. The number of nitrogens with zero attached hydrogens (tertiary/aromatic N) is 3. The van der Waals surface area contributed by atoms with E-state index in [4.69, 9.17) is 23.2 Å². The first-order valence-corrected chi connectivity index (χ1v) is 8.55. The maximum Gasteiger partial charge on any atom is 0.290 e. The van der Waals surface area contributed by atoms with E-state index in [1.54, 1.807) is 12.3 Å². The smallest absolute Gasteiger partial charge is 0.290 e. The molecule has 0 aliphatic heterocycles. The second-order valence-electron chi connectivity index (χ2n) is 5.79. The molecule has 7 heteroatoms. The molecule has 3 rings (SSSR count). The number of rotatable bonds is 4. The Morgan fingerprint density at radius 3 is 2.42 bits per heavy atom. The van der Waals surface area contributed by atoms with Crippen LogP contribution in [-0.2, 0) is 0 Å². The first-order valence-electron chi connectivity index (χ1n) is 7.79. The van der Waals surface area contributed by atoms with Gasteiger partial charge in [0.05, 0.1) is 10.6 Å². The van der Waals surface area contributed by atoms with Gasteiger partial charge >= 0.3 is 0 Å². The van der Waals surface area contributed by atoms with E-state index in [0.29, 0.717) is 10.7 Å². The van der Waals surface area contributed by atoms with Crippen molar-refractivity contribution in [2.24, 2.45) is 4.99 Å². The van der Waals surface area contributed by atoms with Crippen LogP contribution in [-0.4, -0.2) is 15.7 Å². The highest BCUT2D eigenvalue weighted by atomic mass is 35.5. The van der Waals surface area contributed by atoms with Gasteiger partial charge in [-0.05, 0) is 56.3 Å². The highest BCUT2D eigenvalue weighted by Gasteiger charge is 2.13. The van der Waals surface area contributed by atoms with E-state index >= 15 is 0 Å². The number of aliphatic imine (C=N–C) groups is 1. The molecule has 0 spiro atoms. The molecule has 0 N–H and O–H groups in total. The largest absolute Gasteiger partial charge is 0.318 e. The van der Waals surface area contributed by atoms with Gasteiger partial charge in [-0.25, -0.2) is 0 Å². The maximum atomic E-state index is 11.0. The molecule has 132 valence electrons. The van der Waals surface area contributed by atoms with Crippen LogP contribution in [0.2, 0.25) is 10.0 Å². The fourth-order valence-corrected chi connectivity index (χ4v) is 3.08. The van der Waals surface area contributed by atoms with Gasteiger partial charge in [0.2, 0.25) is 0 Å². The molecule has 1 heterocycles. The van der Waals surface area contributed by atoms with Gasteiger partial charge in [-0.2, -0.15) is 0 Å². The molecular weight excluding hydrogens is 373 g/mol. The molecule has 0 aliphatic rings. The average Bonchev–Trinajstić information content (AvgIpc) is 2.89. The molecule has 3 aromatic rings. The Morgan fingerprint density at radius 2 is 1.77 bits per heavy atom. The van der Waals surface area contributed by atoms with Crippen molar-refractivity contribution in [2.45, 2.75) is 13.8 Å². The molecule has 0 fully saturated rings. The van der Waals surface area contributed by atoms with Crippen molar-refractivity contribution in [3.8, 4) is 5.69 Å². The van der Waals surface area contributed by atoms with Crippen molar-refractivity contribution in [1.82, 2.24) is 4.57 Å². The summed E-state index contributed by atoms with van der Waals surface area (Å²) in [5.74, 6) is 0. The molecule has 0 radical (unpaired) electrons. The third-order valence-corrected chi connectivity index (χ3v) is 4.61. The first kappa shape index (κ1) is 18.2. The van der Waals surface area contributed by atoms with Crippen LogP contribution in [0, 0.1) is 24.0 Å². The number of nitro groups is 1. The van der Waals surface area contributed by atoms with Gasteiger partial charge in [0.15, 0.2) is 0 Å². The van der Waals surface area contributed by atoms with E-state index in [2.05, 4.69) is 9.56 Å². The van der Waals surface area contributed by atoms with E-state index in [1.165, 1.54) is 12.1 Å². The number of aryl methyl sites for hydroxylation is 1. The molecule has 5 nitrogen and oxygen atoms in total. The predicted octanol–water partition coefficient (Wildman–Crippen LogP) is 6.06. The third-order valence-electron chi connectivity index (χ3n) is 4.03. The van der Waals surface area contributed by atoms with Gasteiger partial charge in [-0.1, -0.05) is 23.2 Å². The molecule has 1 aromatic heterocycles. The zero-order chi connectivity index (χ0) is 18.8. The molecule has 0 amide bonds. The summed E-state index contributed by atoms with van der Waals surface area (Å²) >= 11 is 11.8. The summed E-state index contributed by atoms with van der Waals surface area (Å²) < 4.78 is 2.10. The third kappa shape index (κ3) is 3.64. The summed E-state index contributed by atoms with van der Waals surface area (Å²) in [6, 6.07) is 14.1. The SMILES string of the molecule is Cc1cc(C=Nc2ccc(Cl)c([N+](=O)[O-])c2)c(C)n1-c1ccc(Cl)cc1. The van der Waals surface area contributed by atoms with Gasteiger partial charge in [0, 0.05) is 39.9 Å². The predicted molar refractivity (Wildman–Crippen MR) is 106 cm³/mol. The Morgan fingerprint density at radius 1 is 1.08 bits per heavy atom. The number of nitro benzene ring substituents is 1. The Hall–Kier alpha value is -2.63. The quantitative estimate of drug-likeness (QED) is 0.310. The minimum absolute atomic E-state index is 0.0925. The van der Waals surface area contributed by atoms with Crippen LogP contribution < -0.4 is 0 Å². The van der Waals surface area contributed by atoms with Crippen LogP contribution in [0.5, 0.6) is 0 Å². The van der Waals surface area contributed by atoms with E-state index in [1.807, 2.05) is 44.2 Å². The lowest BCUT2D eigenvalue weighted by Crippen LogP contribution is -1.99. The summed E-state index contributed by atoms with van der Waals surface area (Å²) in [7, 11) is 0. The second kappa shape index (κ2) is 7.32. The molecule has 0 saturated carbocycles. The Balaban J connectivity index is 1.95. The Labute approximate surface area is 160 Å². The van der Waals surface area contributed by atoms with Gasteiger partial charge < -0.3 is 4.57 Å². The molecule has 26 heavy (non-hydrogen) atoms. The summed E-state index contributed by atoms with van der Waals surface area (Å²) in [5, 5.41) is 11.8. The number of hydrogen-bond donors (Lipinski definition) is 0. The van der Waals surface area contributed by atoms with E-state index < -0.39 is 4.92 Å². The Kier molecular flexibility index (Phi) is 5.11. The molecular formula is C19H15Cl2N3O2. The zero-order valence-corrected chi connectivity index (χ0v) is 15.6. The van der Waals surface area contributed by atoms with Crippen LogP contribution in [0.3, 0.4) is 0 Å². The average molecular weight is 388 g/mol. The second-order valence-corrected chi connectivity index (χ2v) is 6.63. The summed E-state index contributed by atoms with van der Waals surface area (Å²) in [6.07, 6.45) is 1.70. The lowest BCUT2D eigenvalue weighted by molar-refractivity contribution is -0.384. The fourth-order valence-electron chi connectivity index (χ4n) is 2.77. The van der Waals surface area contributed by atoms with Gasteiger partial charge in [-0.15, -0.1) is 0 Å². The highest BCUT2D eigenvalue weighted by molar-refractivity contribution is 6.32.